The number of rotatable bonds is 4. The average molecular weight is 290 g/mol. The number of anilines is 1. The molecule has 4 nitrogen and oxygen atoms in total. The molecule has 1 aliphatic rings. The Morgan fingerprint density at radius 1 is 1.43 bits per heavy atom. The number of ether oxygens (including phenoxy) is 1. The Morgan fingerprint density at radius 3 is 2.62 bits per heavy atom. The number of nitrogens with one attached hydrogen (secondary N) is 1. The molecule has 0 radical (unpaired) electrons. The smallest absolute Gasteiger partial charge is 0.245 e. The number of carbonyl (C=O) groups is 1. The third kappa shape index (κ3) is 2.58. The van der Waals surface area contributed by atoms with Crippen LogP contribution >= 0.6 is 0 Å². The monoisotopic (exact) mass is 290 g/mol. The first kappa shape index (κ1) is 16.0. The normalized spacial score (nSPS) is 27.0. The molecule has 0 aliphatic heterocycles. The van der Waals surface area contributed by atoms with Gasteiger partial charge in [-0.1, -0.05) is 31.5 Å². The summed E-state index contributed by atoms with van der Waals surface area (Å²) in [6.45, 7) is 10.6. The van der Waals surface area contributed by atoms with Gasteiger partial charge in [-0.25, -0.2) is 0 Å². The second kappa shape index (κ2) is 5.43. The van der Waals surface area contributed by atoms with Crippen molar-refractivity contribution in [3.63, 3.8) is 0 Å². The molecular weight excluding hydrogens is 264 g/mol. The maximum absolute atomic E-state index is 12.6. The molecular formula is C17H26N2O2. The lowest BCUT2D eigenvalue weighted by molar-refractivity contribution is -0.166. The predicted octanol–water partition coefficient (Wildman–Crippen LogP) is 2.77. The highest BCUT2D eigenvalue weighted by atomic mass is 16.5. The van der Waals surface area contributed by atoms with Crippen LogP contribution < -0.4 is 11.1 Å². The van der Waals surface area contributed by atoms with Crippen molar-refractivity contribution >= 4 is 11.6 Å². The van der Waals surface area contributed by atoms with Gasteiger partial charge < -0.3 is 15.8 Å². The van der Waals surface area contributed by atoms with Crippen LogP contribution in [0.2, 0.25) is 0 Å². The fourth-order valence-electron chi connectivity index (χ4n) is 3.01. The molecule has 1 aliphatic carbocycles. The van der Waals surface area contributed by atoms with E-state index in [2.05, 4.69) is 5.32 Å². The lowest BCUT2D eigenvalue weighted by Gasteiger charge is -2.57. The van der Waals surface area contributed by atoms with Gasteiger partial charge in [-0.05, 0) is 32.4 Å². The molecule has 1 saturated carbocycles. The first-order valence-electron chi connectivity index (χ1n) is 7.51. The molecule has 0 bridgehead atoms. The molecule has 21 heavy (non-hydrogen) atoms. The van der Waals surface area contributed by atoms with Gasteiger partial charge in [0.15, 0.2) is 0 Å². The highest BCUT2D eigenvalue weighted by molar-refractivity contribution is 6.00. The SMILES string of the molecule is CCOC1CC(N)(C(=O)Nc2ccc(C)cc2C)C1(C)C. The summed E-state index contributed by atoms with van der Waals surface area (Å²) >= 11 is 0. The molecule has 1 aromatic rings. The molecule has 2 atom stereocenters. The lowest BCUT2D eigenvalue weighted by atomic mass is 9.54. The highest BCUT2D eigenvalue weighted by Crippen LogP contribution is 2.50. The van der Waals surface area contributed by atoms with Crippen molar-refractivity contribution < 1.29 is 9.53 Å². The quantitative estimate of drug-likeness (QED) is 0.896. The van der Waals surface area contributed by atoms with E-state index < -0.39 is 5.54 Å². The number of nitrogens with two attached hydrogens (primary N) is 1. The second-order valence-electron chi connectivity index (χ2n) is 6.61. The molecule has 1 fully saturated rings. The Balaban J connectivity index is 2.14. The van der Waals surface area contributed by atoms with E-state index in [1.54, 1.807) is 0 Å². The Bertz CT molecular complexity index is 554. The first-order valence-corrected chi connectivity index (χ1v) is 7.51. The molecule has 1 aromatic carbocycles. The van der Waals surface area contributed by atoms with E-state index >= 15 is 0 Å². The van der Waals surface area contributed by atoms with Gasteiger partial charge in [-0.3, -0.25) is 4.79 Å². The molecule has 2 rings (SSSR count). The van der Waals surface area contributed by atoms with Gasteiger partial charge in [0.05, 0.1) is 6.10 Å². The average Bonchev–Trinajstić information content (AvgIpc) is 2.41. The van der Waals surface area contributed by atoms with Crippen molar-refractivity contribution in [2.24, 2.45) is 11.1 Å². The lowest BCUT2D eigenvalue weighted by Crippen LogP contribution is -2.74. The van der Waals surface area contributed by atoms with E-state index in [1.165, 1.54) is 5.56 Å². The fraction of sp³-hybridized carbons (Fsp3) is 0.588. The van der Waals surface area contributed by atoms with Crippen LogP contribution in [0.25, 0.3) is 0 Å². The fourth-order valence-corrected chi connectivity index (χ4v) is 3.01. The minimum atomic E-state index is -0.885. The zero-order valence-electron chi connectivity index (χ0n) is 13.6. The van der Waals surface area contributed by atoms with Gasteiger partial charge >= 0.3 is 0 Å². The molecule has 116 valence electrons. The van der Waals surface area contributed by atoms with Gasteiger partial charge in [-0.2, -0.15) is 0 Å². The number of hydrogen-bond donors (Lipinski definition) is 2. The maximum atomic E-state index is 12.6. The van der Waals surface area contributed by atoms with Crippen molar-refractivity contribution in [3.8, 4) is 0 Å². The van der Waals surface area contributed by atoms with Gasteiger partial charge in [0.25, 0.3) is 0 Å². The van der Waals surface area contributed by atoms with E-state index in [1.807, 2.05) is 52.8 Å². The number of aryl methyl sites for hydroxylation is 2. The first-order chi connectivity index (χ1) is 9.72. The van der Waals surface area contributed by atoms with Crippen LogP contribution in [-0.4, -0.2) is 24.2 Å². The molecule has 0 saturated heterocycles. The van der Waals surface area contributed by atoms with Crippen molar-refractivity contribution in [2.75, 3.05) is 11.9 Å². The number of benzene rings is 1. The molecule has 0 heterocycles. The highest BCUT2D eigenvalue weighted by Gasteiger charge is 2.62. The topological polar surface area (TPSA) is 64.3 Å². The molecule has 2 unspecified atom stereocenters. The van der Waals surface area contributed by atoms with Gasteiger partial charge in [0.2, 0.25) is 5.91 Å². The van der Waals surface area contributed by atoms with E-state index in [-0.39, 0.29) is 17.4 Å². The summed E-state index contributed by atoms with van der Waals surface area (Å²) < 4.78 is 5.67. The van der Waals surface area contributed by atoms with E-state index in [0.717, 1.165) is 11.3 Å². The molecule has 4 heteroatoms. The Hall–Kier alpha value is -1.39. The van der Waals surface area contributed by atoms with Crippen LogP contribution in [0.4, 0.5) is 5.69 Å². The van der Waals surface area contributed by atoms with Crippen LogP contribution in [0.15, 0.2) is 18.2 Å². The summed E-state index contributed by atoms with van der Waals surface area (Å²) in [5, 5.41) is 2.98. The third-order valence-electron chi connectivity index (χ3n) is 4.87. The van der Waals surface area contributed by atoms with E-state index in [4.69, 9.17) is 10.5 Å². The minimum absolute atomic E-state index is 0.0392. The van der Waals surface area contributed by atoms with E-state index in [0.29, 0.717) is 13.0 Å². The van der Waals surface area contributed by atoms with Gasteiger partial charge in [0, 0.05) is 24.1 Å². The Kier molecular flexibility index (Phi) is 4.13. The number of amides is 1. The van der Waals surface area contributed by atoms with Crippen LogP contribution in [0.3, 0.4) is 0 Å². The Labute approximate surface area is 127 Å². The summed E-state index contributed by atoms with van der Waals surface area (Å²) in [7, 11) is 0. The summed E-state index contributed by atoms with van der Waals surface area (Å²) in [4.78, 5) is 12.6. The van der Waals surface area contributed by atoms with Crippen LogP contribution in [0.1, 0.15) is 38.3 Å². The maximum Gasteiger partial charge on any atom is 0.245 e. The van der Waals surface area contributed by atoms with Crippen LogP contribution in [0, 0.1) is 19.3 Å². The van der Waals surface area contributed by atoms with Crippen molar-refractivity contribution in [1.82, 2.24) is 0 Å². The van der Waals surface area contributed by atoms with E-state index in [9.17, 15) is 4.79 Å². The van der Waals surface area contributed by atoms with Gasteiger partial charge in [0.1, 0.15) is 5.54 Å². The minimum Gasteiger partial charge on any atom is -0.378 e. The van der Waals surface area contributed by atoms with Crippen molar-refractivity contribution in [3.05, 3.63) is 29.3 Å². The summed E-state index contributed by atoms with van der Waals surface area (Å²) in [5.74, 6) is -0.129. The number of carbonyl (C=O) groups excluding carboxylic acids is 1. The zero-order chi connectivity index (χ0) is 15.8. The predicted molar refractivity (Wildman–Crippen MR) is 85.3 cm³/mol. The number of hydrogen-bond acceptors (Lipinski definition) is 3. The molecule has 1 amide bonds. The molecule has 0 spiro atoms. The Morgan fingerprint density at radius 2 is 2.10 bits per heavy atom. The summed E-state index contributed by atoms with van der Waals surface area (Å²) in [6, 6.07) is 5.96. The molecule has 3 N–H and O–H groups in total. The zero-order valence-corrected chi connectivity index (χ0v) is 13.6. The largest absolute Gasteiger partial charge is 0.378 e. The second-order valence-corrected chi connectivity index (χ2v) is 6.61. The molecule has 0 aromatic heterocycles. The van der Waals surface area contributed by atoms with Crippen LogP contribution in [-0.2, 0) is 9.53 Å². The summed E-state index contributed by atoms with van der Waals surface area (Å²) in [6.07, 6.45) is 0.599. The van der Waals surface area contributed by atoms with Crippen molar-refractivity contribution in [2.45, 2.75) is 52.7 Å². The van der Waals surface area contributed by atoms with Gasteiger partial charge in [-0.15, -0.1) is 0 Å². The van der Waals surface area contributed by atoms with Crippen molar-refractivity contribution in [1.29, 1.82) is 0 Å². The van der Waals surface area contributed by atoms with Crippen LogP contribution in [0.5, 0.6) is 0 Å². The summed E-state index contributed by atoms with van der Waals surface area (Å²) in [5.41, 5.74) is 8.17. The third-order valence-corrected chi connectivity index (χ3v) is 4.87. The standard InChI is InChI=1S/C17H26N2O2/c1-6-21-14-10-17(18,16(14,4)5)15(20)19-13-8-7-11(2)9-12(13)3/h7-9,14H,6,10,18H2,1-5H3,(H,19,20).